The zero-order valence-electron chi connectivity index (χ0n) is 14.2. The summed E-state index contributed by atoms with van der Waals surface area (Å²) >= 11 is 0. The molecule has 132 valence electrons. The molecule has 2 aromatic carbocycles. The van der Waals surface area contributed by atoms with Gasteiger partial charge in [-0.05, 0) is 55.5 Å². The summed E-state index contributed by atoms with van der Waals surface area (Å²) in [5.74, 6) is 2.39. The molecule has 0 saturated carbocycles. The molecule has 1 heterocycles. The first-order valence-corrected chi connectivity index (χ1v) is 8.10. The van der Waals surface area contributed by atoms with Crippen LogP contribution in [0.5, 0.6) is 11.5 Å². The third-order valence-corrected chi connectivity index (χ3v) is 3.28. The molecular weight excluding hydrogens is 332 g/mol. The molecule has 0 unspecified atom stereocenters. The van der Waals surface area contributed by atoms with E-state index in [9.17, 15) is 4.79 Å². The Kier molecular flexibility index (Phi) is 5.61. The number of amides is 1. The number of anilines is 3. The van der Waals surface area contributed by atoms with Crippen molar-refractivity contribution in [3.63, 3.8) is 0 Å². The summed E-state index contributed by atoms with van der Waals surface area (Å²) in [5, 5.41) is 13.5. The minimum atomic E-state index is -0.559. The number of benzene rings is 2. The van der Waals surface area contributed by atoms with E-state index in [4.69, 9.17) is 9.47 Å². The fourth-order valence-electron chi connectivity index (χ4n) is 2.12. The van der Waals surface area contributed by atoms with Crippen molar-refractivity contribution in [1.82, 2.24) is 10.2 Å². The van der Waals surface area contributed by atoms with E-state index >= 15 is 0 Å². The van der Waals surface area contributed by atoms with E-state index < -0.39 is 6.09 Å². The number of hydrogen-bond donors (Lipinski definition) is 2. The lowest BCUT2D eigenvalue weighted by Crippen LogP contribution is -2.14. The summed E-state index contributed by atoms with van der Waals surface area (Å²) in [6.45, 7) is 2.03. The molecule has 26 heavy (non-hydrogen) atoms. The Hall–Kier alpha value is -3.61. The number of carbonyl (C=O) groups excluding carboxylic acids is 1. The van der Waals surface area contributed by atoms with E-state index in [0.717, 1.165) is 17.2 Å². The van der Waals surface area contributed by atoms with E-state index in [1.165, 1.54) is 0 Å². The largest absolute Gasteiger partial charge is 0.457 e. The van der Waals surface area contributed by atoms with Gasteiger partial charge in [0, 0.05) is 5.69 Å². The van der Waals surface area contributed by atoms with Crippen molar-refractivity contribution in [1.29, 1.82) is 0 Å². The average molecular weight is 350 g/mol. The predicted molar refractivity (Wildman–Crippen MR) is 98.9 cm³/mol. The molecule has 3 rings (SSSR count). The van der Waals surface area contributed by atoms with Crippen LogP contribution in [0, 0.1) is 0 Å². The van der Waals surface area contributed by atoms with E-state index in [1.54, 1.807) is 19.1 Å². The van der Waals surface area contributed by atoms with Gasteiger partial charge >= 0.3 is 6.09 Å². The number of nitrogens with one attached hydrogen (secondary N) is 2. The fraction of sp³-hybridized carbons (Fsp3) is 0.105. The van der Waals surface area contributed by atoms with Crippen LogP contribution in [0.4, 0.5) is 22.1 Å². The Morgan fingerprint density at radius 2 is 1.54 bits per heavy atom. The van der Waals surface area contributed by atoms with Crippen molar-refractivity contribution in [2.75, 3.05) is 17.2 Å². The van der Waals surface area contributed by atoms with Crippen molar-refractivity contribution >= 4 is 23.4 Å². The molecule has 1 aromatic heterocycles. The lowest BCUT2D eigenvalue weighted by atomic mass is 10.3. The maximum atomic E-state index is 11.3. The molecular formula is C19H18N4O3. The maximum absolute atomic E-state index is 11.3. The Balaban J connectivity index is 1.58. The van der Waals surface area contributed by atoms with Crippen LogP contribution in [-0.2, 0) is 4.74 Å². The third kappa shape index (κ3) is 4.94. The number of para-hydroxylation sites is 1. The average Bonchev–Trinajstić information content (AvgIpc) is 2.66. The van der Waals surface area contributed by atoms with Gasteiger partial charge in [-0.1, -0.05) is 18.2 Å². The topological polar surface area (TPSA) is 85.4 Å². The molecule has 0 saturated heterocycles. The van der Waals surface area contributed by atoms with Gasteiger partial charge < -0.3 is 14.8 Å². The zero-order chi connectivity index (χ0) is 18.2. The van der Waals surface area contributed by atoms with E-state index in [1.807, 2.05) is 54.6 Å². The Morgan fingerprint density at radius 3 is 2.19 bits per heavy atom. The molecule has 7 heteroatoms. The molecule has 0 aliphatic carbocycles. The highest BCUT2D eigenvalue weighted by molar-refractivity contribution is 5.83. The van der Waals surface area contributed by atoms with Crippen LogP contribution >= 0.6 is 0 Å². The lowest BCUT2D eigenvalue weighted by molar-refractivity contribution is 0.168. The third-order valence-electron chi connectivity index (χ3n) is 3.28. The molecule has 1 amide bonds. The molecule has 2 N–H and O–H groups in total. The number of ether oxygens (including phenoxy) is 2. The highest BCUT2D eigenvalue weighted by Gasteiger charge is 2.04. The maximum Gasteiger partial charge on any atom is 0.412 e. The highest BCUT2D eigenvalue weighted by atomic mass is 16.5. The Morgan fingerprint density at radius 1 is 0.885 bits per heavy atom. The van der Waals surface area contributed by atoms with E-state index in [2.05, 4.69) is 20.8 Å². The summed E-state index contributed by atoms with van der Waals surface area (Å²) < 4.78 is 10.5. The minimum absolute atomic E-state index is 0.295. The SMILES string of the molecule is CCOC(=O)Nc1ccc(Nc2ccc(Oc3ccccc3)cc2)nn1. The van der Waals surface area contributed by atoms with Gasteiger partial charge in [-0.25, -0.2) is 4.79 Å². The number of hydrogen-bond acceptors (Lipinski definition) is 6. The number of nitrogens with zero attached hydrogens (tertiary/aromatic N) is 2. The van der Waals surface area contributed by atoms with Gasteiger partial charge in [-0.15, -0.1) is 10.2 Å². The van der Waals surface area contributed by atoms with E-state index in [-0.39, 0.29) is 0 Å². The predicted octanol–water partition coefficient (Wildman–Crippen LogP) is 4.58. The first-order valence-electron chi connectivity index (χ1n) is 8.10. The van der Waals surface area contributed by atoms with Crippen LogP contribution in [0.25, 0.3) is 0 Å². The van der Waals surface area contributed by atoms with Gasteiger partial charge in [0.05, 0.1) is 6.61 Å². The fourth-order valence-corrected chi connectivity index (χ4v) is 2.12. The molecule has 0 bridgehead atoms. The van der Waals surface area contributed by atoms with Crippen molar-refractivity contribution in [2.45, 2.75) is 6.92 Å². The van der Waals surface area contributed by atoms with Gasteiger partial charge in [0.1, 0.15) is 11.5 Å². The van der Waals surface area contributed by atoms with E-state index in [0.29, 0.717) is 18.2 Å². The van der Waals surface area contributed by atoms with Crippen molar-refractivity contribution in [3.8, 4) is 11.5 Å². The quantitative estimate of drug-likeness (QED) is 0.677. The smallest absolute Gasteiger partial charge is 0.412 e. The number of rotatable bonds is 6. The molecule has 0 radical (unpaired) electrons. The Bertz CT molecular complexity index is 837. The summed E-state index contributed by atoms with van der Waals surface area (Å²) in [5.41, 5.74) is 0.839. The molecule has 0 aliphatic heterocycles. The van der Waals surface area contributed by atoms with Gasteiger partial charge in [0.15, 0.2) is 11.6 Å². The van der Waals surface area contributed by atoms with Gasteiger partial charge in [-0.2, -0.15) is 0 Å². The summed E-state index contributed by atoms with van der Waals surface area (Å²) in [4.78, 5) is 11.3. The minimum Gasteiger partial charge on any atom is -0.457 e. The van der Waals surface area contributed by atoms with Gasteiger partial charge in [-0.3, -0.25) is 5.32 Å². The van der Waals surface area contributed by atoms with Crippen molar-refractivity contribution < 1.29 is 14.3 Å². The second-order valence-electron chi connectivity index (χ2n) is 5.21. The van der Waals surface area contributed by atoms with Gasteiger partial charge in [0.2, 0.25) is 0 Å². The first kappa shape index (κ1) is 17.2. The van der Waals surface area contributed by atoms with Crippen LogP contribution in [-0.4, -0.2) is 22.9 Å². The number of aromatic nitrogens is 2. The van der Waals surface area contributed by atoms with Crippen LogP contribution in [0.15, 0.2) is 66.7 Å². The Labute approximate surface area is 151 Å². The normalized spacial score (nSPS) is 10.0. The second-order valence-corrected chi connectivity index (χ2v) is 5.21. The monoisotopic (exact) mass is 350 g/mol. The van der Waals surface area contributed by atoms with Crippen LogP contribution in [0.3, 0.4) is 0 Å². The first-order chi connectivity index (χ1) is 12.7. The molecule has 0 atom stereocenters. The standard InChI is InChI=1S/C19H18N4O3/c1-2-25-19(24)21-18-13-12-17(22-23-18)20-14-8-10-16(11-9-14)26-15-6-4-3-5-7-15/h3-13H,2H2,1H3,(H,20,22)(H,21,23,24). The van der Waals surface area contributed by atoms with Crippen LogP contribution in [0.1, 0.15) is 6.92 Å². The molecule has 0 aliphatic rings. The van der Waals surface area contributed by atoms with Gasteiger partial charge in [0.25, 0.3) is 0 Å². The summed E-state index contributed by atoms with van der Waals surface area (Å²) in [6.07, 6.45) is -0.559. The van der Waals surface area contributed by atoms with Crippen molar-refractivity contribution in [2.24, 2.45) is 0 Å². The zero-order valence-corrected chi connectivity index (χ0v) is 14.2. The summed E-state index contributed by atoms with van der Waals surface area (Å²) in [6, 6.07) is 20.4. The van der Waals surface area contributed by atoms with Crippen molar-refractivity contribution in [3.05, 3.63) is 66.7 Å². The molecule has 7 nitrogen and oxygen atoms in total. The number of carbonyl (C=O) groups is 1. The highest BCUT2D eigenvalue weighted by Crippen LogP contribution is 2.23. The summed E-state index contributed by atoms with van der Waals surface area (Å²) in [7, 11) is 0. The molecule has 0 fully saturated rings. The van der Waals surface area contributed by atoms with Crippen LogP contribution in [0.2, 0.25) is 0 Å². The van der Waals surface area contributed by atoms with Crippen LogP contribution < -0.4 is 15.4 Å². The molecule has 3 aromatic rings. The second kappa shape index (κ2) is 8.48. The lowest BCUT2D eigenvalue weighted by Gasteiger charge is -2.08. The molecule has 0 spiro atoms.